The Kier molecular flexibility index (Phi) is 9.19. The molecule has 1 fully saturated rings. The zero-order valence-electron chi connectivity index (χ0n) is 19.9. The Bertz CT molecular complexity index is 939. The fourth-order valence-corrected chi connectivity index (χ4v) is 4.48. The minimum Gasteiger partial charge on any atom is -0.483 e. The molecule has 2 aromatic carbocycles. The quantitative estimate of drug-likeness (QED) is 0.519. The minimum absolute atomic E-state index is 0.0848. The van der Waals surface area contributed by atoms with Crippen LogP contribution in [0.2, 0.25) is 5.02 Å². The predicted molar refractivity (Wildman–Crippen MR) is 133 cm³/mol. The Labute approximate surface area is 202 Å². The van der Waals surface area contributed by atoms with Gasteiger partial charge in [-0.3, -0.25) is 9.59 Å². The third-order valence-electron chi connectivity index (χ3n) is 6.51. The molecule has 178 valence electrons. The first-order chi connectivity index (χ1) is 15.9. The van der Waals surface area contributed by atoms with Crippen molar-refractivity contribution in [3.05, 3.63) is 64.2 Å². The summed E-state index contributed by atoms with van der Waals surface area (Å²) in [6.45, 7) is 6.14. The van der Waals surface area contributed by atoms with Gasteiger partial charge in [-0.25, -0.2) is 0 Å². The molecule has 0 saturated heterocycles. The number of aryl methyl sites for hydroxylation is 1. The van der Waals surface area contributed by atoms with Crippen molar-refractivity contribution < 1.29 is 14.3 Å². The molecular formula is C27H35ClN2O3. The van der Waals surface area contributed by atoms with Gasteiger partial charge >= 0.3 is 0 Å². The molecule has 0 spiro atoms. The first-order valence-electron chi connectivity index (χ1n) is 11.9. The molecule has 1 N–H and O–H groups in total. The lowest BCUT2D eigenvalue weighted by Crippen LogP contribution is -2.52. The summed E-state index contributed by atoms with van der Waals surface area (Å²) >= 11 is 6.04. The normalized spacial score (nSPS) is 15.0. The molecule has 1 aliphatic rings. The van der Waals surface area contributed by atoms with Gasteiger partial charge in [-0.15, -0.1) is 0 Å². The smallest absolute Gasteiger partial charge is 0.261 e. The number of benzene rings is 2. The summed E-state index contributed by atoms with van der Waals surface area (Å²) in [7, 11) is 0. The van der Waals surface area contributed by atoms with Crippen LogP contribution >= 0.6 is 11.6 Å². The van der Waals surface area contributed by atoms with E-state index in [-0.39, 0.29) is 24.5 Å². The lowest BCUT2D eigenvalue weighted by Gasteiger charge is -2.32. The highest BCUT2D eigenvalue weighted by atomic mass is 35.5. The monoisotopic (exact) mass is 470 g/mol. The molecule has 0 aliphatic heterocycles. The Balaban J connectivity index is 1.77. The van der Waals surface area contributed by atoms with Gasteiger partial charge in [0.25, 0.3) is 5.91 Å². The highest BCUT2D eigenvalue weighted by Gasteiger charge is 2.30. The van der Waals surface area contributed by atoms with Crippen molar-refractivity contribution in [3.63, 3.8) is 0 Å². The summed E-state index contributed by atoms with van der Waals surface area (Å²) in [6.07, 6.45) is 6.03. The molecule has 1 aliphatic carbocycles. The molecule has 2 amide bonds. The first kappa shape index (κ1) is 25.1. The molecule has 1 saturated carbocycles. The van der Waals surface area contributed by atoms with Crippen LogP contribution in [0, 0.1) is 13.8 Å². The fourth-order valence-electron chi connectivity index (χ4n) is 4.35. The van der Waals surface area contributed by atoms with Gasteiger partial charge in [-0.2, -0.15) is 0 Å². The number of ether oxygens (including phenoxy) is 1. The van der Waals surface area contributed by atoms with Crippen LogP contribution in [0.15, 0.2) is 42.5 Å². The third-order valence-corrected chi connectivity index (χ3v) is 6.76. The zero-order chi connectivity index (χ0) is 23.8. The molecule has 1 atom stereocenters. The van der Waals surface area contributed by atoms with Crippen molar-refractivity contribution >= 4 is 23.4 Å². The van der Waals surface area contributed by atoms with Gasteiger partial charge in [0, 0.05) is 17.6 Å². The number of nitrogens with zero attached hydrogens (tertiary/aromatic N) is 1. The van der Waals surface area contributed by atoms with Gasteiger partial charge in [0.15, 0.2) is 6.61 Å². The van der Waals surface area contributed by atoms with Crippen LogP contribution in [0.25, 0.3) is 0 Å². The Morgan fingerprint density at radius 2 is 1.79 bits per heavy atom. The molecule has 5 nitrogen and oxygen atoms in total. The number of hydrogen-bond donors (Lipinski definition) is 1. The maximum atomic E-state index is 13.4. The second-order valence-corrected chi connectivity index (χ2v) is 9.34. The van der Waals surface area contributed by atoms with Crippen LogP contribution < -0.4 is 10.1 Å². The van der Waals surface area contributed by atoms with E-state index in [2.05, 4.69) is 5.32 Å². The summed E-state index contributed by atoms with van der Waals surface area (Å²) in [5.41, 5.74) is 3.04. The van der Waals surface area contributed by atoms with Crippen LogP contribution in [0.4, 0.5) is 0 Å². The summed E-state index contributed by atoms with van der Waals surface area (Å²) < 4.78 is 5.90. The van der Waals surface area contributed by atoms with E-state index in [1.165, 1.54) is 6.42 Å². The first-order valence-corrected chi connectivity index (χ1v) is 12.3. The van der Waals surface area contributed by atoms with E-state index in [1.54, 1.807) is 17.0 Å². The van der Waals surface area contributed by atoms with Crippen molar-refractivity contribution in [2.45, 2.75) is 77.9 Å². The van der Waals surface area contributed by atoms with E-state index >= 15 is 0 Å². The van der Waals surface area contributed by atoms with Crippen LogP contribution in [0.5, 0.6) is 5.75 Å². The highest BCUT2D eigenvalue weighted by Crippen LogP contribution is 2.22. The second kappa shape index (κ2) is 12.1. The number of amides is 2. The molecule has 0 aromatic heterocycles. The topological polar surface area (TPSA) is 58.6 Å². The maximum Gasteiger partial charge on any atom is 0.261 e. The fraction of sp³-hybridized carbons (Fsp3) is 0.481. The number of halogens is 1. The summed E-state index contributed by atoms with van der Waals surface area (Å²) in [5.74, 6) is 0.393. The zero-order valence-corrected chi connectivity index (χ0v) is 20.7. The van der Waals surface area contributed by atoms with Crippen LogP contribution in [-0.2, 0) is 16.1 Å². The van der Waals surface area contributed by atoms with Gasteiger partial charge in [-0.1, -0.05) is 62.1 Å². The number of rotatable bonds is 9. The molecule has 0 unspecified atom stereocenters. The molecule has 0 radical (unpaired) electrons. The van der Waals surface area contributed by atoms with Crippen LogP contribution in [0.3, 0.4) is 0 Å². The van der Waals surface area contributed by atoms with E-state index in [1.807, 2.05) is 51.1 Å². The number of carbonyl (C=O) groups excluding carboxylic acids is 2. The summed E-state index contributed by atoms with van der Waals surface area (Å²) in [6, 6.07) is 12.8. The summed E-state index contributed by atoms with van der Waals surface area (Å²) in [4.78, 5) is 28.3. The molecule has 0 heterocycles. The molecule has 3 rings (SSSR count). The molecule has 0 bridgehead atoms. The van der Waals surface area contributed by atoms with Crippen molar-refractivity contribution in [1.82, 2.24) is 10.2 Å². The van der Waals surface area contributed by atoms with Crippen molar-refractivity contribution in [3.8, 4) is 5.75 Å². The lowest BCUT2D eigenvalue weighted by atomic mass is 9.95. The van der Waals surface area contributed by atoms with Crippen LogP contribution in [0.1, 0.15) is 62.1 Å². The van der Waals surface area contributed by atoms with Crippen LogP contribution in [-0.4, -0.2) is 35.4 Å². The van der Waals surface area contributed by atoms with Crippen molar-refractivity contribution in [2.75, 3.05) is 6.61 Å². The number of hydrogen-bond acceptors (Lipinski definition) is 3. The Morgan fingerprint density at radius 1 is 1.09 bits per heavy atom. The minimum atomic E-state index is -0.558. The Hall–Kier alpha value is -2.53. The standard InChI is InChI=1S/C27H35ClN2O3/c1-4-24(27(32)29-23-10-6-5-7-11-23)30(17-21-13-15-22(28)16-14-21)26(31)18-33-25-12-8-9-19(2)20(25)3/h8-9,12-16,23-24H,4-7,10-11,17-18H2,1-3H3,(H,29,32)/t24-/m0/s1. The average Bonchev–Trinajstić information content (AvgIpc) is 2.81. The van der Waals surface area contributed by atoms with Crippen molar-refractivity contribution in [1.29, 1.82) is 0 Å². The largest absolute Gasteiger partial charge is 0.483 e. The van der Waals surface area contributed by atoms with E-state index < -0.39 is 6.04 Å². The number of carbonyl (C=O) groups is 2. The van der Waals surface area contributed by atoms with Crippen molar-refractivity contribution in [2.24, 2.45) is 0 Å². The maximum absolute atomic E-state index is 13.4. The van der Waals surface area contributed by atoms with Gasteiger partial charge in [0.05, 0.1) is 0 Å². The van der Waals surface area contributed by atoms with Gasteiger partial charge in [0.2, 0.25) is 5.91 Å². The van der Waals surface area contributed by atoms with Gasteiger partial charge in [0.1, 0.15) is 11.8 Å². The average molecular weight is 471 g/mol. The van der Waals surface area contributed by atoms with Gasteiger partial charge in [-0.05, 0) is 68.0 Å². The lowest BCUT2D eigenvalue weighted by molar-refractivity contribution is -0.143. The van der Waals surface area contributed by atoms with E-state index in [0.29, 0.717) is 23.7 Å². The van der Waals surface area contributed by atoms with E-state index in [9.17, 15) is 9.59 Å². The summed E-state index contributed by atoms with van der Waals surface area (Å²) in [5, 5.41) is 3.83. The molecule has 6 heteroatoms. The SMILES string of the molecule is CC[C@@H](C(=O)NC1CCCCC1)N(Cc1ccc(Cl)cc1)C(=O)COc1cccc(C)c1C. The number of nitrogens with one attached hydrogen (secondary N) is 1. The molecule has 2 aromatic rings. The Morgan fingerprint density at radius 3 is 2.45 bits per heavy atom. The molecular weight excluding hydrogens is 436 g/mol. The molecule has 33 heavy (non-hydrogen) atoms. The predicted octanol–water partition coefficient (Wildman–Crippen LogP) is 5.59. The third kappa shape index (κ3) is 6.97. The van der Waals surface area contributed by atoms with Gasteiger partial charge < -0.3 is 15.0 Å². The highest BCUT2D eigenvalue weighted by molar-refractivity contribution is 6.30. The van der Waals surface area contributed by atoms with E-state index in [4.69, 9.17) is 16.3 Å². The second-order valence-electron chi connectivity index (χ2n) is 8.90. The van der Waals surface area contributed by atoms with E-state index in [0.717, 1.165) is 42.4 Å².